The van der Waals surface area contributed by atoms with Crippen LogP contribution in [0.2, 0.25) is 0 Å². The summed E-state index contributed by atoms with van der Waals surface area (Å²) >= 11 is 0. The highest BCUT2D eigenvalue weighted by Crippen LogP contribution is 2.26. The fourth-order valence-corrected chi connectivity index (χ4v) is 2.90. The molecular weight excluding hydrogens is 292 g/mol. The van der Waals surface area contributed by atoms with E-state index >= 15 is 0 Å². The van der Waals surface area contributed by atoms with Crippen molar-refractivity contribution in [3.63, 3.8) is 0 Å². The summed E-state index contributed by atoms with van der Waals surface area (Å²) < 4.78 is 0. The van der Waals surface area contributed by atoms with Crippen molar-refractivity contribution < 1.29 is 0 Å². The van der Waals surface area contributed by atoms with Gasteiger partial charge in [0.25, 0.3) is 0 Å². The van der Waals surface area contributed by atoms with Crippen LogP contribution in [0.15, 0.2) is 60.7 Å². The van der Waals surface area contributed by atoms with Gasteiger partial charge in [0.05, 0.1) is 0 Å². The van der Waals surface area contributed by atoms with Crippen LogP contribution in [0.5, 0.6) is 0 Å². The van der Waals surface area contributed by atoms with E-state index in [1.807, 2.05) is 0 Å². The molecule has 0 amide bonds. The molecule has 0 unspecified atom stereocenters. The molecule has 0 atom stereocenters. The van der Waals surface area contributed by atoms with Crippen molar-refractivity contribution in [3.05, 3.63) is 82.9 Å². The van der Waals surface area contributed by atoms with E-state index in [4.69, 9.17) is 0 Å². The highest BCUT2D eigenvalue weighted by atomic mass is 14.9. The van der Waals surface area contributed by atoms with Crippen LogP contribution in [0.25, 0.3) is 0 Å². The first kappa shape index (κ1) is 16.1. The molecule has 122 valence electrons. The maximum absolute atomic E-state index is 3.52. The van der Waals surface area contributed by atoms with E-state index in [0.717, 1.165) is 17.1 Å². The van der Waals surface area contributed by atoms with Crippen LogP contribution in [0.3, 0.4) is 0 Å². The second-order valence-corrected chi connectivity index (χ2v) is 6.41. The molecule has 3 aromatic rings. The number of aryl methyl sites for hydroxylation is 4. The Bertz CT molecular complexity index is 828. The number of nitrogens with one attached hydrogen (secondary N) is 2. The molecule has 2 nitrogen and oxygen atoms in total. The van der Waals surface area contributed by atoms with Gasteiger partial charge in [-0.15, -0.1) is 0 Å². The summed E-state index contributed by atoms with van der Waals surface area (Å²) in [5.74, 6) is 0. The van der Waals surface area contributed by atoms with E-state index in [1.165, 1.54) is 27.9 Å². The average Bonchev–Trinajstić information content (AvgIpc) is 2.55. The van der Waals surface area contributed by atoms with Gasteiger partial charge in [-0.05, 0) is 74.7 Å². The lowest BCUT2D eigenvalue weighted by atomic mass is 10.1. The van der Waals surface area contributed by atoms with E-state index in [9.17, 15) is 0 Å². The topological polar surface area (TPSA) is 24.1 Å². The minimum absolute atomic E-state index is 1.09. The molecule has 24 heavy (non-hydrogen) atoms. The summed E-state index contributed by atoms with van der Waals surface area (Å²) in [5.41, 5.74) is 9.58. The lowest BCUT2D eigenvalue weighted by molar-refractivity contribution is 1.35. The Hall–Kier alpha value is -2.74. The Morgan fingerprint density at radius 2 is 1.17 bits per heavy atom. The van der Waals surface area contributed by atoms with Gasteiger partial charge in [0, 0.05) is 22.7 Å². The highest BCUT2D eigenvalue weighted by molar-refractivity contribution is 5.70. The van der Waals surface area contributed by atoms with Crippen molar-refractivity contribution in [2.75, 3.05) is 10.6 Å². The van der Waals surface area contributed by atoms with Gasteiger partial charge in [0.15, 0.2) is 0 Å². The van der Waals surface area contributed by atoms with E-state index in [2.05, 4.69) is 99.0 Å². The summed E-state index contributed by atoms with van der Waals surface area (Å²) in [6.07, 6.45) is 0. The molecule has 0 aromatic heterocycles. The van der Waals surface area contributed by atoms with E-state index < -0.39 is 0 Å². The van der Waals surface area contributed by atoms with Crippen molar-refractivity contribution in [3.8, 4) is 0 Å². The van der Waals surface area contributed by atoms with E-state index in [-0.39, 0.29) is 0 Å². The minimum Gasteiger partial charge on any atom is -0.355 e. The first-order valence-electron chi connectivity index (χ1n) is 8.30. The Kier molecular flexibility index (Phi) is 4.57. The summed E-state index contributed by atoms with van der Waals surface area (Å²) in [6, 6.07) is 21.2. The number of hydrogen-bond donors (Lipinski definition) is 2. The maximum atomic E-state index is 3.52. The summed E-state index contributed by atoms with van der Waals surface area (Å²) in [4.78, 5) is 0. The average molecular weight is 316 g/mol. The Morgan fingerprint density at radius 3 is 1.75 bits per heavy atom. The van der Waals surface area contributed by atoms with Crippen LogP contribution in [0, 0.1) is 27.7 Å². The zero-order valence-electron chi connectivity index (χ0n) is 14.8. The van der Waals surface area contributed by atoms with Crippen LogP contribution < -0.4 is 10.6 Å². The predicted octanol–water partition coefficient (Wildman–Crippen LogP) is 6.41. The third-order valence-electron chi connectivity index (χ3n) is 4.30. The number of para-hydroxylation sites is 1. The van der Waals surface area contributed by atoms with Crippen LogP contribution in [0.4, 0.5) is 22.7 Å². The third kappa shape index (κ3) is 3.60. The minimum atomic E-state index is 1.09. The first-order valence-corrected chi connectivity index (χ1v) is 8.30. The van der Waals surface area contributed by atoms with Crippen molar-refractivity contribution in [1.82, 2.24) is 0 Å². The second kappa shape index (κ2) is 6.79. The van der Waals surface area contributed by atoms with Gasteiger partial charge in [-0.1, -0.05) is 35.9 Å². The molecule has 0 heterocycles. The molecule has 0 spiro atoms. The van der Waals surface area contributed by atoms with Crippen LogP contribution in [-0.2, 0) is 0 Å². The predicted molar refractivity (Wildman–Crippen MR) is 105 cm³/mol. The Balaban J connectivity index is 1.76. The molecule has 0 bridgehead atoms. The molecular formula is C22H24N2. The Labute approximate surface area is 144 Å². The standard InChI is InChI=1S/C22H24N2/c1-15-8-13-21(18(4)14-15)23-19-9-11-20(12-10-19)24-22-16(2)6-5-7-17(22)3/h5-14,23-24H,1-4H3. The van der Waals surface area contributed by atoms with Gasteiger partial charge in [-0.2, -0.15) is 0 Å². The molecule has 2 heteroatoms. The van der Waals surface area contributed by atoms with Crippen LogP contribution in [0.1, 0.15) is 22.3 Å². The van der Waals surface area contributed by atoms with Crippen molar-refractivity contribution in [2.24, 2.45) is 0 Å². The van der Waals surface area contributed by atoms with E-state index in [1.54, 1.807) is 0 Å². The van der Waals surface area contributed by atoms with Gasteiger partial charge >= 0.3 is 0 Å². The van der Waals surface area contributed by atoms with Gasteiger partial charge < -0.3 is 10.6 Å². The zero-order chi connectivity index (χ0) is 17.1. The normalized spacial score (nSPS) is 10.5. The van der Waals surface area contributed by atoms with Gasteiger partial charge in [-0.25, -0.2) is 0 Å². The molecule has 0 aliphatic rings. The number of anilines is 4. The smallest absolute Gasteiger partial charge is 0.0443 e. The highest BCUT2D eigenvalue weighted by Gasteiger charge is 2.03. The summed E-state index contributed by atoms with van der Waals surface area (Å²) in [5, 5.41) is 7.01. The van der Waals surface area contributed by atoms with Gasteiger partial charge in [0.1, 0.15) is 0 Å². The quantitative estimate of drug-likeness (QED) is 0.581. The van der Waals surface area contributed by atoms with Crippen molar-refractivity contribution >= 4 is 22.7 Å². The molecule has 0 aliphatic carbocycles. The van der Waals surface area contributed by atoms with Crippen molar-refractivity contribution in [2.45, 2.75) is 27.7 Å². The van der Waals surface area contributed by atoms with Crippen LogP contribution >= 0.6 is 0 Å². The molecule has 0 aliphatic heterocycles. The van der Waals surface area contributed by atoms with Crippen LogP contribution in [-0.4, -0.2) is 0 Å². The SMILES string of the molecule is Cc1ccc(Nc2ccc(Nc3c(C)cccc3C)cc2)c(C)c1. The fraction of sp³-hybridized carbons (Fsp3) is 0.182. The lowest BCUT2D eigenvalue weighted by Gasteiger charge is -2.14. The van der Waals surface area contributed by atoms with Crippen molar-refractivity contribution in [1.29, 1.82) is 0 Å². The van der Waals surface area contributed by atoms with Gasteiger partial charge in [0.2, 0.25) is 0 Å². The molecule has 3 rings (SSSR count). The molecule has 2 N–H and O–H groups in total. The third-order valence-corrected chi connectivity index (χ3v) is 4.30. The maximum Gasteiger partial charge on any atom is 0.0443 e. The number of rotatable bonds is 4. The van der Waals surface area contributed by atoms with Gasteiger partial charge in [-0.3, -0.25) is 0 Å². The zero-order valence-corrected chi connectivity index (χ0v) is 14.8. The molecule has 0 saturated carbocycles. The summed E-state index contributed by atoms with van der Waals surface area (Å²) in [6.45, 7) is 8.51. The first-order chi connectivity index (χ1) is 11.5. The number of benzene rings is 3. The Morgan fingerprint density at radius 1 is 0.583 bits per heavy atom. The van der Waals surface area contributed by atoms with E-state index in [0.29, 0.717) is 0 Å². The lowest BCUT2D eigenvalue weighted by Crippen LogP contribution is -1.97. The fourth-order valence-electron chi connectivity index (χ4n) is 2.90. The summed E-state index contributed by atoms with van der Waals surface area (Å²) in [7, 11) is 0. The second-order valence-electron chi connectivity index (χ2n) is 6.41. The molecule has 3 aromatic carbocycles. The molecule has 0 fully saturated rings. The number of hydrogen-bond acceptors (Lipinski definition) is 2. The monoisotopic (exact) mass is 316 g/mol. The largest absolute Gasteiger partial charge is 0.355 e. The molecule has 0 saturated heterocycles. The molecule has 0 radical (unpaired) electrons.